The fourth-order valence-corrected chi connectivity index (χ4v) is 3.55. The van der Waals surface area contributed by atoms with Crippen LogP contribution in [0.25, 0.3) is 0 Å². The number of anilines is 1. The number of benzene rings is 2. The summed E-state index contributed by atoms with van der Waals surface area (Å²) in [6.45, 7) is 1.44. The highest BCUT2D eigenvalue weighted by atomic mass is 32.2. The van der Waals surface area contributed by atoms with Crippen molar-refractivity contribution in [2.75, 3.05) is 18.1 Å². The topological polar surface area (TPSA) is 41.1 Å². The van der Waals surface area contributed by atoms with Gasteiger partial charge in [-0.25, -0.2) is 4.39 Å². The van der Waals surface area contributed by atoms with E-state index < -0.39 is 0 Å². The zero-order valence-electron chi connectivity index (χ0n) is 12.9. The summed E-state index contributed by atoms with van der Waals surface area (Å²) in [7, 11) is 0. The Balaban J connectivity index is 1.82. The van der Waals surface area contributed by atoms with Crippen molar-refractivity contribution in [2.45, 2.75) is 18.2 Å². The standard InChI is InChI=1S/C18H19FN2OS/c1-23-17(12-5-3-2-4-6-12)18(22)21-15-8-7-13-11-20-10-9-14(13)16(15)19/h2-8,17,20H,9-11H2,1H3,(H,21,22). The maximum Gasteiger partial charge on any atom is 0.242 e. The molecule has 2 aromatic rings. The molecule has 1 aliphatic rings. The van der Waals surface area contributed by atoms with Crippen LogP contribution in [0.15, 0.2) is 42.5 Å². The van der Waals surface area contributed by atoms with E-state index in [0.29, 0.717) is 18.5 Å². The highest BCUT2D eigenvalue weighted by Crippen LogP contribution is 2.30. The molecule has 0 fully saturated rings. The van der Waals surface area contributed by atoms with Crippen molar-refractivity contribution in [1.29, 1.82) is 0 Å². The molecule has 0 spiro atoms. The maximum absolute atomic E-state index is 14.6. The Bertz CT molecular complexity index is 706. The van der Waals surface area contributed by atoms with Gasteiger partial charge in [-0.1, -0.05) is 36.4 Å². The molecule has 23 heavy (non-hydrogen) atoms. The molecular weight excluding hydrogens is 311 g/mol. The molecule has 1 aliphatic heterocycles. The van der Waals surface area contributed by atoms with E-state index >= 15 is 0 Å². The maximum atomic E-state index is 14.6. The molecule has 0 saturated carbocycles. The van der Waals surface area contributed by atoms with Gasteiger partial charge in [-0.2, -0.15) is 0 Å². The van der Waals surface area contributed by atoms with Crippen molar-refractivity contribution in [3.63, 3.8) is 0 Å². The van der Waals surface area contributed by atoms with Gasteiger partial charge in [0.2, 0.25) is 5.91 Å². The Morgan fingerprint density at radius 2 is 2.04 bits per heavy atom. The molecule has 1 amide bonds. The number of hydrogen-bond acceptors (Lipinski definition) is 3. The summed E-state index contributed by atoms with van der Waals surface area (Å²) >= 11 is 1.44. The molecular formula is C18H19FN2OS. The second-order valence-corrected chi connectivity index (χ2v) is 6.45. The lowest BCUT2D eigenvalue weighted by Gasteiger charge is -2.20. The average Bonchev–Trinajstić information content (AvgIpc) is 2.59. The first-order valence-corrected chi connectivity index (χ1v) is 8.89. The van der Waals surface area contributed by atoms with Crippen LogP contribution in [-0.4, -0.2) is 18.7 Å². The van der Waals surface area contributed by atoms with Crippen molar-refractivity contribution < 1.29 is 9.18 Å². The molecule has 5 heteroatoms. The van der Waals surface area contributed by atoms with Gasteiger partial charge in [-0.05, 0) is 42.0 Å². The molecule has 0 saturated heterocycles. The number of carbonyl (C=O) groups excluding carboxylic acids is 1. The highest BCUT2D eigenvalue weighted by molar-refractivity contribution is 7.99. The normalized spacial score (nSPS) is 14.9. The third kappa shape index (κ3) is 3.41. The van der Waals surface area contributed by atoms with Crippen molar-refractivity contribution in [1.82, 2.24) is 5.32 Å². The lowest BCUT2D eigenvalue weighted by atomic mass is 9.99. The zero-order valence-corrected chi connectivity index (χ0v) is 13.8. The lowest BCUT2D eigenvalue weighted by molar-refractivity contribution is -0.115. The van der Waals surface area contributed by atoms with Crippen molar-refractivity contribution in [3.05, 3.63) is 65.0 Å². The molecule has 1 unspecified atom stereocenters. The number of halogens is 1. The first kappa shape index (κ1) is 16.0. The molecule has 2 N–H and O–H groups in total. The second-order valence-electron chi connectivity index (χ2n) is 5.51. The Kier molecular flexibility index (Phi) is 4.98. The predicted molar refractivity (Wildman–Crippen MR) is 93.1 cm³/mol. The smallest absolute Gasteiger partial charge is 0.242 e. The van der Waals surface area contributed by atoms with Crippen LogP contribution in [0.1, 0.15) is 21.9 Å². The van der Waals surface area contributed by atoms with Gasteiger partial charge in [0.15, 0.2) is 0 Å². The van der Waals surface area contributed by atoms with Crippen LogP contribution >= 0.6 is 11.8 Å². The van der Waals surface area contributed by atoms with Crippen LogP contribution in [0.2, 0.25) is 0 Å². The number of rotatable bonds is 4. The average molecular weight is 330 g/mol. The van der Waals surface area contributed by atoms with E-state index in [2.05, 4.69) is 10.6 Å². The summed E-state index contributed by atoms with van der Waals surface area (Å²) in [4.78, 5) is 12.6. The molecule has 0 aliphatic carbocycles. The van der Waals surface area contributed by atoms with Crippen LogP contribution in [0, 0.1) is 5.82 Å². The minimum Gasteiger partial charge on any atom is -0.322 e. The Morgan fingerprint density at radius 3 is 2.78 bits per heavy atom. The first-order chi connectivity index (χ1) is 11.2. The van der Waals surface area contributed by atoms with E-state index in [9.17, 15) is 9.18 Å². The van der Waals surface area contributed by atoms with Gasteiger partial charge >= 0.3 is 0 Å². The Morgan fingerprint density at radius 1 is 1.26 bits per heavy atom. The van der Waals surface area contributed by atoms with Gasteiger partial charge in [-0.3, -0.25) is 4.79 Å². The van der Waals surface area contributed by atoms with E-state index in [1.165, 1.54) is 11.8 Å². The molecule has 1 atom stereocenters. The first-order valence-electron chi connectivity index (χ1n) is 7.60. The fourth-order valence-electron chi connectivity index (χ4n) is 2.85. The number of carbonyl (C=O) groups is 1. The van der Waals surface area contributed by atoms with Crippen LogP contribution in [0.3, 0.4) is 0 Å². The number of hydrogen-bond donors (Lipinski definition) is 2. The third-order valence-electron chi connectivity index (χ3n) is 4.04. The van der Waals surface area contributed by atoms with Crippen LogP contribution in [0.5, 0.6) is 0 Å². The Hall–Kier alpha value is -1.85. The predicted octanol–water partition coefficient (Wildman–Crippen LogP) is 3.51. The number of fused-ring (bicyclic) bond motifs is 1. The molecule has 1 heterocycles. The molecule has 120 valence electrons. The minimum atomic E-state index is -0.353. The fraction of sp³-hybridized carbons (Fsp3) is 0.278. The SMILES string of the molecule is CSC(C(=O)Nc1ccc2c(c1F)CCNC2)c1ccccc1. The van der Waals surface area contributed by atoms with Gasteiger partial charge in [0.1, 0.15) is 11.1 Å². The lowest BCUT2D eigenvalue weighted by Crippen LogP contribution is -2.26. The monoisotopic (exact) mass is 330 g/mol. The van der Waals surface area contributed by atoms with E-state index in [4.69, 9.17) is 0 Å². The quantitative estimate of drug-likeness (QED) is 0.901. The zero-order chi connectivity index (χ0) is 16.2. The van der Waals surface area contributed by atoms with Crippen LogP contribution in [-0.2, 0) is 17.8 Å². The van der Waals surface area contributed by atoms with Gasteiger partial charge in [-0.15, -0.1) is 11.8 Å². The van der Waals surface area contributed by atoms with Crippen molar-refractivity contribution in [2.24, 2.45) is 0 Å². The molecule has 0 radical (unpaired) electrons. The molecule has 0 bridgehead atoms. The van der Waals surface area contributed by atoms with E-state index in [1.54, 1.807) is 6.07 Å². The number of nitrogens with one attached hydrogen (secondary N) is 2. The van der Waals surface area contributed by atoms with E-state index in [1.807, 2.05) is 42.7 Å². The van der Waals surface area contributed by atoms with Crippen LogP contribution < -0.4 is 10.6 Å². The van der Waals surface area contributed by atoms with E-state index in [-0.39, 0.29) is 22.7 Å². The van der Waals surface area contributed by atoms with Crippen LogP contribution in [0.4, 0.5) is 10.1 Å². The minimum absolute atomic E-state index is 0.198. The second kappa shape index (κ2) is 7.15. The number of thioether (sulfide) groups is 1. The summed E-state index contributed by atoms with van der Waals surface area (Å²) in [5.41, 5.74) is 2.86. The number of amides is 1. The van der Waals surface area contributed by atoms with Crippen molar-refractivity contribution in [3.8, 4) is 0 Å². The van der Waals surface area contributed by atoms with Gasteiger partial charge in [0, 0.05) is 6.54 Å². The summed E-state index contributed by atoms with van der Waals surface area (Å²) < 4.78 is 14.6. The summed E-state index contributed by atoms with van der Waals surface area (Å²) in [5.74, 6) is -0.498. The van der Waals surface area contributed by atoms with E-state index in [0.717, 1.165) is 17.7 Å². The summed E-state index contributed by atoms with van der Waals surface area (Å²) in [5, 5.41) is 5.62. The molecule has 3 rings (SSSR count). The molecule has 0 aromatic heterocycles. The largest absolute Gasteiger partial charge is 0.322 e. The Labute approximate surface area is 139 Å². The molecule has 2 aromatic carbocycles. The summed E-state index contributed by atoms with van der Waals surface area (Å²) in [6.07, 6.45) is 2.53. The van der Waals surface area contributed by atoms with Gasteiger partial charge in [0.05, 0.1) is 5.69 Å². The van der Waals surface area contributed by atoms with Crippen molar-refractivity contribution >= 4 is 23.4 Å². The highest BCUT2D eigenvalue weighted by Gasteiger charge is 2.22. The third-order valence-corrected chi connectivity index (χ3v) is 5.00. The van der Waals surface area contributed by atoms with Gasteiger partial charge < -0.3 is 10.6 Å². The van der Waals surface area contributed by atoms with Gasteiger partial charge in [0.25, 0.3) is 0 Å². The molecule has 3 nitrogen and oxygen atoms in total. The summed E-state index contributed by atoms with van der Waals surface area (Å²) in [6, 6.07) is 13.1.